The molecule has 0 aliphatic rings. The standard InChI is InChI=1S/C24H28N2O2/c1-20-10-12-22(13-11-20)18-25-14-6-9-23(25)19-26(15-16-28-2)24(27)17-21-7-4-3-5-8-21/h3-14H,15-19H2,1-2H3. The van der Waals surface area contributed by atoms with Crippen LogP contribution < -0.4 is 0 Å². The zero-order chi connectivity index (χ0) is 19.8. The number of hydrogen-bond acceptors (Lipinski definition) is 2. The van der Waals surface area contributed by atoms with Gasteiger partial charge in [0.05, 0.1) is 19.6 Å². The summed E-state index contributed by atoms with van der Waals surface area (Å²) in [4.78, 5) is 14.8. The van der Waals surface area contributed by atoms with Gasteiger partial charge < -0.3 is 14.2 Å². The fourth-order valence-corrected chi connectivity index (χ4v) is 3.21. The lowest BCUT2D eigenvalue weighted by atomic mass is 10.1. The number of amides is 1. The third-order valence-electron chi connectivity index (χ3n) is 4.87. The van der Waals surface area contributed by atoms with Crippen molar-refractivity contribution in [2.75, 3.05) is 20.3 Å². The molecule has 4 nitrogen and oxygen atoms in total. The smallest absolute Gasteiger partial charge is 0.227 e. The third kappa shape index (κ3) is 5.57. The highest BCUT2D eigenvalue weighted by Crippen LogP contribution is 2.13. The molecule has 0 aliphatic carbocycles. The van der Waals surface area contributed by atoms with E-state index in [9.17, 15) is 4.79 Å². The summed E-state index contributed by atoms with van der Waals surface area (Å²) in [6, 6.07) is 22.6. The first kappa shape index (κ1) is 19.9. The predicted molar refractivity (Wildman–Crippen MR) is 112 cm³/mol. The Balaban J connectivity index is 1.71. The highest BCUT2D eigenvalue weighted by Gasteiger charge is 2.16. The van der Waals surface area contributed by atoms with E-state index in [1.807, 2.05) is 41.3 Å². The lowest BCUT2D eigenvalue weighted by Gasteiger charge is -2.23. The molecule has 3 aromatic rings. The van der Waals surface area contributed by atoms with Gasteiger partial charge in [-0.25, -0.2) is 0 Å². The van der Waals surface area contributed by atoms with Crippen LogP contribution in [0.3, 0.4) is 0 Å². The Kier molecular flexibility index (Phi) is 7.04. The van der Waals surface area contributed by atoms with Crippen molar-refractivity contribution >= 4 is 5.91 Å². The first-order valence-electron chi connectivity index (χ1n) is 9.66. The largest absolute Gasteiger partial charge is 0.383 e. The fourth-order valence-electron chi connectivity index (χ4n) is 3.21. The summed E-state index contributed by atoms with van der Waals surface area (Å²) >= 11 is 0. The van der Waals surface area contributed by atoms with Gasteiger partial charge in [-0.15, -0.1) is 0 Å². The van der Waals surface area contributed by atoms with Gasteiger partial charge in [0, 0.05) is 32.1 Å². The Morgan fingerprint density at radius 3 is 2.43 bits per heavy atom. The minimum Gasteiger partial charge on any atom is -0.383 e. The van der Waals surface area contributed by atoms with Crippen molar-refractivity contribution in [1.29, 1.82) is 0 Å². The van der Waals surface area contributed by atoms with Gasteiger partial charge in [0.15, 0.2) is 0 Å². The highest BCUT2D eigenvalue weighted by atomic mass is 16.5. The number of benzene rings is 2. The summed E-state index contributed by atoms with van der Waals surface area (Å²) in [6.07, 6.45) is 2.48. The maximum absolute atomic E-state index is 12.9. The molecule has 1 heterocycles. The predicted octanol–water partition coefficient (Wildman–Crippen LogP) is 4.06. The molecule has 0 radical (unpaired) electrons. The van der Waals surface area contributed by atoms with Crippen molar-refractivity contribution in [3.63, 3.8) is 0 Å². The van der Waals surface area contributed by atoms with Gasteiger partial charge in [-0.3, -0.25) is 4.79 Å². The summed E-state index contributed by atoms with van der Waals surface area (Å²) in [5.41, 5.74) is 4.67. The number of rotatable bonds is 9. The van der Waals surface area contributed by atoms with Gasteiger partial charge in [-0.2, -0.15) is 0 Å². The Bertz CT molecular complexity index is 869. The third-order valence-corrected chi connectivity index (χ3v) is 4.87. The SMILES string of the molecule is COCCN(Cc1cccn1Cc1ccc(C)cc1)C(=O)Cc1ccccc1. The first-order chi connectivity index (χ1) is 13.7. The van der Waals surface area contributed by atoms with Gasteiger partial charge in [0.25, 0.3) is 0 Å². The Morgan fingerprint density at radius 2 is 1.71 bits per heavy atom. The summed E-state index contributed by atoms with van der Waals surface area (Å²) in [5.74, 6) is 0.117. The molecule has 0 bridgehead atoms. The highest BCUT2D eigenvalue weighted by molar-refractivity contribution is 5.78. The average Bonchev–Trinajstić information content (AvgIpc) is 3.14. The van der Waals surface area contributed by atoms with Crippen LogP contribution in [0.15, 0.2) is 72.9 Å². The molecular weight excluding hydrogens is 348 g/mol. The van der Waals surface area contributed by atoms with Crippen LogP contribution in [0, 0.1) is 6.92 Å². The summed E-state index contributed by atoms with van der Waals surface area (Å²) in [7, 11) is 1.67. The van der Waals surface area contributed by atoms with Crippen LogP contribution in [0.4, 0.5) is 0 Å². The van der Waals surface area contributed by atoms with Crippen LogP contribution in [0.2, 0.25) is 0 Å². The molecule has 0 saturated heterocycles. The molecule has 0 N–H and O–H groups in total. The van der Waals surface area contributed by atoms with E-state index in [2.05, 4.69) is 48.0 Å². The van der Waals surface area contributed by atoms with Gasteiger partial charge >= 0.3 is 0 Å². The molecule has 0 atom stereocenters. The van der Waals surface area contributed by atoms with Crippen LogP contribution in [0.25, 0.3) is 0 Å². The number of aryl methyl sites for hydroxylation is 1. The average molecular weight is 377 g/mol. The van der Waals surface area contributed by atoms with Crippen LogP contribution in [-0.4, -0.2) is 35.6 Å². The number of hydrogen-bond donors (Lipinski definition) is 0. The topological polar surface area (TPSA) is 34.5 Å². The van der Waals surface area contributed by atoms with Gasteiger partial charge in [-0.05, 0) is 30.2 Å². The first-order valence-corrected chi connectivity index (χ1v) is 9.66. The van der Waals surface area contributed by atoms with Gasteiger partial charge in [0.1, 0.15) is 0 Å². The minimum absolute atomic E-state index is 0.117. The summed E-state index contributed by atoms with van der Waals surface area (Å²) in [6.45, 7) is 4.58. The molecule has 0 fully saturated rings. The van der Waals surface area contributed by atoms with E-state index in [-0.39, 0.29) is 5.91 Å². The Morgan fingerprint density at radius 1 is 0.964 bits per heavy atom. The van der Waals surface area contributed by atoms with E-state index in [0.717, 1.165) is 17.8 Å². The normalized spacial score (nSPS) is 10.8. The molecule has 0 spiro atoms. The van der Waals surface area contributed by atoms with E-state index >= 15 is 0 Å². The molecule has 0 unspecified atom stereocenters. The van der Waals surface area contributed by atoms with Crippen LogP contribution in [0.5, 0.6) is 0 Å². The molecule has 0 saturated carbocycles. The lowest BCUT2D eigenvalue weighted by Crippen LogP contribution is -2.35. The van der Waals surface area contributed by atoms with E-state index < -0.39 is 0 Å². The van der Waals surface area contributed by atoms with Crippen LogP contribution in [-0.2, 0) is 29.0 Å². The second kappa shape index (κ2) is 9.90. The molecule has 146 valence electrons. The monoisotopic (exact) mass is 376 g/mol. The molecular formula is C24H28N2O2. The van der Waals surface area contributed by atoms with Crippen molar-refractivity contribution < 1.29 is 9.53 Å². The lowest BCUT2D eigenvalue weighted by molar-refractivity contribution is -0.131. The number of carbonyl (C=O) groups is 1. The van der Waals surface area contributed by atoms with E-state index in [4.69, 9.17) is 4.74 Å². The van der Waals surface area contributed by atoms with Crippen LogP contribution in [0.1, 0.15) is 22.4 Å². The van der Waals surface area contributed by atoms with E-state index in [1.165, 1.54) is 11.1 Å². The maximum Gasteiger partial charge on any atom is 0.227 e. The van der Waals surface area contributed by atoms with Crippen molar-refractivity contribution in [1.82, 2.24) is 9.47 Å². The second-order valence-corrected chi connectivity index (χ2v) is 7.08. The Hall–Kier alpha value is -2.85. The van der Waals surface area contributed by atoms with Crippen molar-refractivity contribution in [2.24, 2.45) is 0 Å². The summed E-state index contributed by atoms with van der Waals surface area (Å²) < 4.78 is 7.44. The minimum atomic E-state index is 0.117. The molecule has 4 heteroatoms. The second-order valence-electron chi connectivity index (χ2n) is 7.08. The maximum atomic E-state index is 12.9. The number of nitrogens with zero attached hydrogens (tertiary/aromatic N) is 2. The molecule has 3 rings (SSSR count). The molecule has 0 aliphatic heterocycles. The fraction of sp³-hybridized carbons (Fsp3) is 0.292. The van der Waals surface area contributed by atoms with Crippen molar-refractivity contribution in [3.8, 4) is 0 Å². The molecule has 2 aromatic carbocycles. The molecule has 28 heavy (non-hydrogen) atoms. The number of aromatic nitrogens is 1. The molecule has 1 amide bonds. The van der Waals surface area contributed by atoms with Crippen molar-refractivity contribution in [2.45, 2.75) is 26.4 Å². The summed E-state index contributed by atoms with van der Waals surface area (Å²) in [5, 5.41) is 0. The quantitative estimate of drug-likeness (QED) is 0.564. The van der Waals surface area contributed by atoms with Gasteiger partial charge in [0.2, 0.25) is 5.91 Å². The van der Waals surface area contributed by atoms with Crippen LogP contribution >= 0.6 is 0 Å². The van der Waals surface area contributed by atoms with Gasteiger partial charge in [-0.1, -0.05) is 60.2 Å². The zero-order valence-electron chi connectivity index (χ0n) is 16.7. The molecule has 1 aromatic heterocycles. The van der Waals surface area contributed by atoms with Crippen molar-refractivity contribution in [3.05, 3.63) is 95.3 Å². The number of ether oxygens (including phenoxy) is 1. The number of methoxy groups -OCH3 is 1. The van der Waals surface area contributed by atoms with E-state index in [1.54, 1.807) is 7.11 Å². The number of carbonyl (C=O) groups excluding carboxylic acids is 1. The van der Waals surface area contributed by atoms with E-state index in [0.29, 0.717) is 26.1 Å². The Labute approximate surface area is 167 Å². The zero-order valence-corrected chi connectivity index (χ0v) is 16.7.